The van der Waals surface area contributed by atoms with Gasteiger partial charge in [0.05, 0.1) is 40.4 Å². The number of hydrogen-bond donors (Lipinski definition) is 1. The van der Waals surface area contributed by atoms with Crippen LogP contribution in [0.15, 0.2) is 71.9 Å². The number of benzene rings is 3. The molecule has 3 aromatic carbocycles. The Hall–Kier alpha value is -3.34. The minimum absolute atomic E-state index is 0.0588. The first-order valence-electron chi connectivity index (χ1n) is 11.7. The van der Waals surface area contributed by atoms with E-state index in [9.17, 15) is 13.2 Å². The largest absolute Gasteiger partial charge is 0.495 e. The van der Waals surface area contributed by atoms with Gasteiger partial charge in [0.2, 0.25) is 0 Å². The van der Waals surface area contributed by atoms with Crippen molar-refractivity contribution in [3.8, 4) is 5.75 Å². The van der Waals surface area contributed by atoms with Crippen LogP contribution >= 0.6 is 46.4 Å². The van der Waals surface area contributed by atoms with Crippen molar-refractivity contribution in [2.24, 2.45) is 0 Å². The van der Waals surface area contributed by atoms with Gasteiger partial charge in [-0.1, -0.05) is 70.2 Å². The van der Waals surface area contributed by atoms with Crippen LogP contribution in [-0.2, 0) is 14.8 Å². The van der Waals surface area contributed by atoms with Crippen LogP contribution < -0.4 is 9.46 Å². The van der Waals surface area contributed by atoms with Gasteiger partial charge in [0.1, 0.15) is 16.1 Å². The summed E-state index contributed by atoms with van der Waals surface area (Å²) >= 11 is 24.0. The Morgan fingerprint density at radius 3 is 1.95 bits per heavy atom. The fourth-order valence-corrected chi connectivity index (χ4v) is 5.77. The molecule has 0 saturated carbocycles. The van der Waals surface area contributed by atoms with Gasteiger partial charge < -0.3 is 9.47 Å². The van der Waals surface area contributed by atoms with E-state index in [0.29, 0.717) is 26.0 Å². The summed E-state index contributed by atoms with van der Waals surface area (Å²) < 4.78 is 38.0. The Balaban J connectivity index is 0.000000247. The maximum Gasteiger partial charge on any atom is 0.337 e. The predicted molar refractivity (Wildman–Crippen MR) is 163 cm³/mol. The normalized spacial score (nSPS) is 11.1. The number of aromatic nitrogens is 2. The van der Waals surface area contributed by atoms with Gasteiger partial charge in [-0.3, -0.25) is 4.72 Å². The molecular weight excluding hydrogens is 632 g/mol. The van der Waals surface area contributed by atoms with Gasteiger partial charge in [-0.15, -0.1) is 0 Å². The summed E-state index contributed by atoms with van der Waals surface area (Å²) in [4.78, 5) is 19.6. The van der Waals surface area contributed by atoms with Gasteiger partial charge in [0, 0.05) is 33.9 Å². The zero-order chi connectivity index (χ0) is 29.9. The number of anilines is 1. The van der Waals surface area contributed by atoms with Crippen LogP contribution in [0.3, 0.4) is 0 Å². The number of nitrogens with zero attached hydrogens (tertiary/aromatic N) is 2. The maximum absolute atomic E-state index is 12.9. The molecule has 0 unspecified atom stereocenters. The fourth-order valence-electron chi connectivity index (χ4n) is 3.85. The minimum atomic E-state index is -4.03. The molecule has 41 heavy (non-hydrogen) atoms. The maximum atomic E-state index is 12.9. The van der Waals surface area contributed by atoms with Crippen LogP contribution in [0.25, 0.3) is 21.5 Å². The van der Waals surface area contributed by atoms with Crippen LogP contribution in [-0.4, -0.2) is 38.6 Å². The summed E-state index contributed by atoms with van der Waals surface area (Å²) in [5.41, 5.74) is 1.40. The molecule has 1 N–H and O–H groups in total. The van der Waals surface area contributed by atoms with E-state index in [0.717, 1.165) is 16.3 Å². The smallest absolute Gasteiger partial charge is 0.337 e. The second-order valence-corrected chi connectivity index (χ2v) is 11.8. The fraction of sp³-hybridized carbons (Fsp3) is 0.107. The molecule has 8 nitrogen and oxygen atoms in total. The highest BCUT2D eigenvalue weighted by Crippen LogP contribution is 2.32. The molecule has 0 saturated heterocycles. The van der Waals surface area contributed by atoms with Gasteiger partial charge in [-0.05, 0) is 43.3 Å². The molecule has 212 valence electrons. The Morgan fingerprint density at radius 1 is 0.780 bits per heavy atom. The Labute approximate surface area is 256 Å². The molecule has 13 heteroatoms. The first-order chi connectivity index (χ1) is 19.4. The van der Waals surface area contributed by atoms with Gasteiger partial charge >= 0.3 is 5.97 Å². The minimum Gasteiger partial charge on any atom is -0.495 e. The zero-order valence-electron chi connectivity index (χ0n) is 21.7. The monoisotopic (exact) mass is 651 g/mol. The quantitative estimate of drug-likeness (QED) is 0.151. The lowest BCUT2D eigenvalue weighted by Gasteiger charge is -2.13. The van der Waals surface area contributed by atoms with Crippen molar-refractivity contribution in [3.05, 3.63) is 98.5 Å². The molecule has 0 spiro atoms. The third-order valence-electron chi connectivity index (χ3n) is 5.88. The summed E-state index contributed by atoms with van der Waals surface area (Å²) in [6.45, 7) is 2.01. The third kappa shape index (κ3) is 6.77. The standard InChI is InChI=1S/C18H14Cl2N2O5S.C10H7Cl2N/c1-26-16-6-3-10(18(23)27-2)7-15(16)22-28(24,25)11-4-5-12-13(8-11)17(20)21-9-14(12)19;1-6-2-3-7-8(4-6)10(12)13-5-9(7)11/h3-9,22H,1-2H3;2-5H,1H3. The van der Waals surface area contributed by atoms with Crippen molar-refractivity contribution in [2.75, 3.05) is 18.9 Å². The van der Waals surface area contributed by atoms with E-state index in [1.54, 1.807) is 12.3 Å². The molecule has 2 aromatic heterocycles. The van der Waals surface area contributed by atoms with Crippen molar-refractivity contribution in [3.63, 3.8) is 0 Å². The van der Waals surface area contributed by atoms with E-state index in [1.165, 1.54) is 50.7 Å². The highest BCUT2D eigenvalue weighted by Gasteiger charge is 2.20. The number of sulfonamides is 1. The molecule has 0 amide bonds. The number of aryl methyl sites for hydroxylation is 1. The number of rotatable bonds is 5. The van der Waals surface area contributed by atoms with Crippen LogP contribution in [0.4, 0.5) is 5.69 Å². The average Bonchev–Trinajstić information content (AvgIpc) is 2.96. The number of halogens is 4. The van der Waals surface area contributed by atoms with Crippen LogP contribution in [0.1, 0.15) is 15.9 Å². The number of hydrogen-bond acceptors (Lipinski definition) is 7. The highest BCUT2D eigenvalue weighted by atomic mass is 35.5. The van der Waals surface area contributed by atoms with Crippen molar-refractivity contribution in [1.29, 1.82) is 0 Å². The molecule has 0 radical (unpaired) electrons. The Kier molecular flexibility index (Phi) is 9.46. The number of ether oxygens (including phenoxy) is 2. The number of esters is 1. The van der Waals surface area contributed by atoms with Crippen LogP contribution in [0, 0.1) is 6.92 Å². The van der Waals surface area contributed by atoms with E-state index in [2.05, 4.69) is 19.4 Å². The average molecular weight is 653 g/mol. The molecule has 0 atom stereocenters. The van der Waals surface area contributed by atoms with Gasteiger partial charge in [-0.2, -0.15) is 0 Å². The van der Waals surface area contributed by atoms with Crippen molar-refractivity contribution < 1.29 is 22.7 Å². The summed E-state index contributed by atoms with van der Waals surface area (Å²) in [7, 11) is -1.41. The van der Waals surface area contributed by atoms with E-state index in [4.69, 9.17) is 51.1 Å². The number of carbonyl (C=O) groups excluding carboxylic acids is 1. The molecular formula is C28H21Cl4N3O5S. The van der Waals surface area contributed by atoms with Crippen molar-refractivity contribution in [2.45, 2.75) is 11.8 Å². The van der Waals surface area contributed by atoms with E-state index in [1.807, 2.05) is 25.1 Å². The number of nitrogens with one attached hydrogen (secondary N) is 1. The molecule has 0 fully saturated rings. The second kappa shape index (κ2) is 12.7. The van der Waals surface area contributed by atoms with E-state index < -0.39 is 16.0 Å². The lowest BCUT2D eigenvalue weighted by atomic mass is 10.1. The molecule has 0 aliphatic carbocycles. The number of pyridine rings is 2. The zero-order valence-corrected chi connectivity index (χ0v) is 25.5. The van der Waals surface area contributed by atoms with E-state index in [-0.39, 0.29) is 27.0 Å². The van der Waals surface area contributed by atoms with Crippen molar-refractivity contribution >= 4 is 89.6 Å². The van der Waals surface area contributed by atoms with Crippen LogP contribution in [0.5, 0.6) is 5.75 Å². The number of methoxy groups -OCH3 is 2. The molecule has 5 aromatic rings. The molecule has 0 aliphatic heterocycles. The first kappa shape index (κ1) is 30.6. The summed E-state index contributed by atoms with van der Waals surface area (Å²) in [6, 6.07) is 14.5. The lowest BCUT2D eigenvalue weighted by Crippen LogP contribution is -2.14. The summed E-state index contributed by atoms with van der Waals surface area (Å²) in [5, 5.41) is 4.45. The summed E-state index contributed by atoms with van der Waals surface area (Å²) in [6.07, 6.45) is 2.96. The van der Waals surface area contributed by atoms with Gasteiger partial charge in [-0.25, -0.2) is 23.2 Å². The SMILES string of the molecule is COC(=O)c1ccc(OC)c(NS(=O)(=O)c2ccc3c(Cl)cnc(Cl)c3c2)c1.Cc1ccc2c(Cl)cnc(Cl)c2c1. The molecule has 2 heterocycles. The predicted octanol–water partition coefficient (Wildman–Crippen LogP) is 7.99. The molecule has 5 rings (SSSR count). The highest BCUT2D eigenvalue weighted by molar-refractivity contribution is 7.92. The topological polar surface area (TPSA) is 107 Å². The Morgan fingerprint density at radius 2 is 1.37 bits per heavy atom. The van der Waals surface area contributed by atoms with Crippen LogP contribution in [0.2, 0.25) is 20.4 Å². The van der Waals surface area contributed by atoms with Gasteiger partial charge in [0.15, 0.2) is 0 Å². The summed E-state index contributed by atoms with van der Waals surface area (Å²) in [5.74, 6) is -0.374. The third-order valence-corrected chi connectivity index (χ3v) is 8.45. The molecule has 0 aliphatic rings. The number of carbonyl (C=O) groups is 1. The van der Waals surface area contributed by atoms with Crippen molar-refractivity contribution in [1.82, 2.24) is 9.97 Å². The number of fused-ring (bicyclic) bond motifs is 2. The molecule has 0 bridgehead atoms. The van der Waals surface area contributed by atoms with Gasteiger partial charge in [0.25, 0.3) is 10.0 Å². The lowest BCUT2D eigenvalue weighted by molar-refractivity contribution is 0.0600. The Bertz CT molecular complexity index is 1900. The second-order valence-electron chi connectivity index (χ2n) is 8.56. The first-order valence-corrected chi connectivity index (χ1v) is 14.7. The van der Waals surface area contributed by atoms with E-state index >= 15 is 0 Å².